The molecule has 0 radical (unpaired) electrons. The molecule has 1 fully saturated rings. The number of ether oxygens (including phenoxy) is 1. The van der Waals surface area contributed by atoms with Crippen molar-refractivity contribution in [3.63, 3.8) is 0 Å². The third-order valence-corrected chi connectivity index (χ3v) is 3.74. The molecule has 1 saturated carbocycles. The average Bonchev–Trinajstić information content (AvgIpc) is 2.46. The van der Waals surface area contributed by atoms with Crippen LogP contribution in [0.5, 0.6) is 0 Å². The van der Waals surface area contributed by atoms with Gasteiger partial charge in [-0.1, -0.05) is 49.6 Å². The van der Waals surface area contributed by atoms with Crippen LogP contribution in [-0.2, 0) is 11.2 Å². The summed E-state index contributed by atoms with van der Waals surface area (Å²) in [6.07, 6.45) is 8.62. The lowest BCUT2D eigenvalue weighted by molar-refractivity contribution is 0.218. The Hall–Kier alpha value is -1.31. The largest absolute Gasteiger partial charge is 0.478 e. The minimum atomic E-state index is 0.216. The molecule has 2 heteroatoms. The first-order valence-corrected chi connectivity index (χ1v) is 8.01. The van der Waals surface area contributed by atoms with Gasteiger partial charge in [0, 0.05) is 6.42 Å². The SMILES string of the molecule is CC(C)OC(CCc1ccccc1)=NC1CCCCC1. The zero-order valence-electron chi connectivity index (χ0n) is 12.8. The Bertz CT molecular complexity index is 405. The summed E-state index contributed by atoms with van der Waals surface area (Å²) < 4.78 is 5.92. The van der Waals surface area contributed by atoms with Crippen LogP contribution in [0.15, 0.2) is 35.3 Å². The predicted octanol–water partition coefficient (Wildman–Crippen LogP) is 4.78. The zero-order chi connectivity index (χ0) is 14.2. The van der Waals surface area contributed by atoms with Gasteiger partial charge in [0.1, 0.15) is 0 Å². The van der Waals surface area contributed by atoms with Gasteiger partial charge in [-0.05, 0) is 38.7 Å². The van der Waals surface area contributed by atoms with Gasteiger partial charge in [-0.3, -0.25) is 4.99 Å². The molecule has 0 aliphatic heterocycles. The zero-order valence-corrected chi connectivity index (χ0v) is 12.8. The van der Waals surface area contributed by atoms with Crippen LogP contribution in [0.25, 0.3) is 0 Å². The van der Waals surface area contributed by atoms with E-state index in [4.69, 9.17) is 9.73 Å². The van der Waals surface area contributed by atoms with E-state index < -0.39 is 0 Å². The average molecular weight is 273 g/mol. The van der Waals surface area contributed by atoms with Gasteiger partial charge in [0.2, 0.25) is 0 Å². The monoisotopic (exact) mass is 273 g/mol. The van der Waals surface area contributed by atoms with Crippen LogP contribution in [0.4, 0.5) is 0 Å². The molecule has 0 bridgehead atoms. The first-order valence-electron chi connectivity index (χ1n) is 8.01. The topological polar surface area (TPSA) is 21.6 Å². The molecule has 1 aliphatic carbocycles. The number of hydrogen-bond acceptors (Lipinski definition) is 2. The molecule has 0 saturated heterocycles. The Morgan fingerprint density at radius 3 is 2.50 bits per heavy atom. The van der Waals surface area contributed by atoms with Crippen LogP contribution in [0.2, 0.25) is 0 Å². The molecule has 1 aromatic carbocycles. The highest BCUT2D eigenvalue weighted by atomic mass is 16.5. The van der Waals surface area contributed by atoms with Gasteiger partial charge in [-0.15, -0.1) is 0 Å². The Morgan fingerprint density at radius 2 is 1.85 bits per heavy atom. The number of aryl methyl sites for hydroxylation is 1. The second-order valence-corrected chi connectivity index (χ2v) is 5.97. The molecule has 2 rings (SSSR count). The van der Waals surface area contributed by atoms with Crippen LogP contribution in [0.3, 0.4) is 0 Å². The fourth-order valence-corrected chi connectivity index (χ4v) is 2.74. The van der Waals surface area contributed by atoms with E-state index in [9.17, 15) is 0 Å². The number of aliphatic imine (C=N–C) groups is 1. The van der Waals surface area contributed by atoms with Gasteiger partial charge in [0.05, 0.1) is 12.1 Å². The first kappa shape index (κ1) is 15.1. The minimum absolute atomic E-state index is 0.216. The van der Waals surface area contributed by atoms with E-state index in [1.807, 2.05) is 0 Å². The molecule has 0 aromatic heterocycles. The van der Waals surface area contributed by atoms with Crippen molar-refractivity contribution in [1.82, 2.24) is 0 Å². The molecule has 1 aliphatic rings. The summed E-state index contributed by atoms with van der Waals surface area (Å²) in [6, 6.07) is 11.1. The van der Waals surface area contributed by atoms with Gasteiger partial charge in [-0.2, -0.15) is 0 Å². The molecule has 2 nitrogen and oxygen atoms in total. The van der Waals surface area contributed by atoms with Crippen molar-refractivity contribution in [2.24, 2.45) is 4.99 Å². The van der Waals surface area contributed by atoms with E-state index in [1.165, 1.54) is 37.7 Å². The Kier molecular flexibility index (Phi) is 6.10. The first-order chi connectivity index (χ1) is 9.74. The van der Waals surface area contributed by atoms with Gasteiger partial charge >= 0.3 is 0 Å². The summed E-state index contributed by atoms with van der Waals surface area (Å²) >= 11 is 0. The maximum absolute atomic E-state index is 5.92. The van der Waals surface area contributed by atoms with Crippen molar-refractivity contribution in [1.29, 1.82) is 0 Å². The molecule has 1 aromatic rings. The maximum Gasteiger partial charge on any atom is 0.184 e. The molecular formula is C18H27NO. The molecule has 0 atom stereocenters. The lowest BCUT2D eigenvalue weighted by atomic mass is 9.96. The van der Waals surface area contributed by atoms with Crippen LogP contribution in [-0.4, -0.2) is 18.0 Å². The highest BCUT2D eigenvalue weighted by Gasteiger charge is 2.14. The highest BCUT2D eigenvalue weighted by Crippen LogP contribution is 2.21. The molecule has 0 heterocycles. The van der Waals surface area contributed by atoms with E-state index >= 15 is 0 Å². The van der Waals surface area contributed by atoms with Crippen molar-refractivity contribution in [3.05, 3.63) is 35.9 Å². The molecule has 0 amide bonds. The van der Waals surface area contributed by atoms with Crippen molar-refractivity contribution in [3.8, 4) is 0 Å². The van der Waals surface area contributed by atoms with Crippen molar-refractivity contribution < 1.29 is 4.74 Å². The van der Waals surface area contributed by atoms with E-state index in [1.54, 1.807) is 0 Å². The van der Waals surface area contributed by atoms with Gasteiger partial charge < -0.3 is 4.74 Å². The molecule has 0 unspecified atom stereocenters. The number of nitrogens with zero attached hydrogens (tertiary/aromatic N) is 1. The quantitative estimate of drug-likeness (QED) is 0.559. The summed E-state index contributed by atoms with van der Waals surface area (Å²) in [5.74, 6) is 0.954. The van der Waals surface area contributed by atoms with E-state index in [-0.39, 0.29) is 6.10 Å². The number of hydrogen-bond donors (Lipinski definition) is 0. The lowest BCUT2D eigenvalue weighted by Crippen LogP contribution is -2.18. The van der Waals surface area contributed by atoms with Crippen LogP contribution < -0.4 is 0 Å². The summed E-state index contributed by atoms with van der Waals surface area (Å²) in [6.45, 7) is 4.16. The normalized spacial score (nSPS) is 17.4. The Balaban J connectivity index is 1.93. The lowest BCUT2D eigenvalue weighted by Gasteiger charge is -2.20. The van der Waals surface area contributed by atoms with Gasteiger partial charge in [-0.25, -0.2) is 0 Å². The molecular weight excluding hydrogens is 246 g/mol. The molecule has 0 spiro atoms. The van der Waals surface area contributed by atoms with E-state index in [0.29, 0.717) is 6.04 Å². The van der Waals surface area contributed by atoms with Crippen molar-refractivity contribution in [2.45, 2.75) is 70.9 Å². The van der Waals surface area contributed by atoms with Crippen molar-refractivity contribution >= 4 is 5.90 Å². The number of rotatable bonds is 5. The summed E-state index contributed by atoms with van der Waals surface area (Å²) in [5.41, 5.74) is 1.36. The second-order valence-electron chi connectivity index (χ2n) is 5.97. The van der Waals surface area contributed by atoms with Gasteiger partial charge in [0.25, 0.3) is 0 Å². The third kappa shape index (κ3) is 5.36. The predicted molar refractivity (Wildman–Crippen MR) is 85.3 cm³/mol. The summed E-state index contributed by atoms with van der Waals surface area (Å²) in [4.78, 5) is 4.89. The Morgan fingerprint density at radius 1 is 1.15 bits per heavy atom. The second kappa shape index (κ2) is 8.08. The summed E-state index contributed by atoms with van der Waals surface area (Å²) in [7, 11) is 0. The Labute approximate surface area is 123 Å². The molecule has 20 heavy (non-hydrogen) atoms. The van der Waals surface area contributed by atoms with E-state index in [2.05, 4.69) is 44.2 Å². The third-order valence-electron chi connectivity index (χ3n) is 3.74. The molecule has 0 N–H and O–H groups in total. The number of benzene rings is 1. The fourth-order valence-electron chi connectivity index (χ4n) is 2.74. The van der Waals surface area contributed by atoms with Crippen LogP contribution in [0.1, 0.15) is 57.9 Å². The highest BCUT2D eigenvalue weighted by molar-refractivity contribution is 5.76. The molecule has 110 valence electrons. The fraction of sp³-hybridized carbons (Fsp3) is 0.611. The smallest absolute Gasteiger partial charge is 0.184 e. The standard InChI is InChI=1S/C18H27NO/c1-15(2)20-18(19-17-11-7-4-8-12-17)14-13-16-9-5-3-6-10-16/h3,5-6,9-10,15,17H,4,7-8,11-14H2,1-2H3. The van der Waals surface area contributed by atoms with E-state index in [0.717, 1.165) is 18.7 Å². The van der Waals surface area contributed by atoms with Gasteiger partial charge in [0.15, 0.2) is 5.90 Å². The maximum atomic E-state index is 5.92. The van der Waals surface area contributed by atoms with Crippen LogP contribution >= 0.6 is 0 Å². The minimum Gasteiger partial charge on any atom is -0.478 e. The van der Waals surface area contributed by atoms with Crippen molar-refractivity contribution in [2.75, 3.05) is 0 Å². The van der Waals surface area contributed by atoms with Crippen LogP contribution in [0, 0.1) is 0 Å². The summed E-state index contributed by atoms with van der Waals surface area (Å²) in [5, 5.41) is 0.